The van der Waals surface area contributed by atoms with Gasteiger partial charge in [0.2, 0.25) is 5.91 Å². The van der Waals surface area contributed by atoms with Gasteiger partial charge < -0.3 is 9.80 Å². The van der Waals surface area contributed by atoms with E-state index in [0.717, 1.165) is 56.4 Å². The second-order valence-corrected chi connectivity index (χ2v) is 10.5. The van der Waals surface area contributed by atoms with E-state index in [-0.39, 0.29) is 23.3 Å². The molecule has 0 aromatic heterocycles. The Morgan fingerprint density at radius 1 is 0.912 bits per heavy atom. The average Bonchev–Trinajstić information content (AvgIpc) is 3.10. The highest BCUT2D eigenvalue weighted by atomic mass is 16.2. The van der Waals surface area contributed by atoms with Gasteiger partial charge in [-0.1, -0.05) is 55.0 Å². The molecular formula is C29H37N3O2. The molecule has 0 aliphatic carbocycles. The monoisotopic (exact) mass is 459 g/mol. The van der Waals surface area contributed by atoms with Gasteiger partial charge in [0.05, 0.1) is 5.41 Å². The smallest absolute Gasteiger partial charge is 0.254 e. The number of carbonyl (C=O) groups is 2. The van der Waals surface area contributed by atoms with Gasteiger partial charge in [0, 0.05) is 38.3 Å². The van der Waals surface area contributed by atoms with Gasteiger partial charge in [0.1, 0.15) is 0 Å². The Morgan fingerprint density at radius 2 is 1.59 bits per heavy atom. The fraction of sp³-hybridized carbons (Fsp3) is 0.517. The second kappa shape index (κ2) is 9.91. The fourth-order valence-electron chi connectivity index (χ4n) is 6.26. The van der Waals surface area contributed by atoms with Gasteiger partial charge in [-0.3, -0.25) is 14.5 Å². The number of amides is 2. The van der Waals surface area contributed by atoms with Crippen LogP contribution in [0, 0.1) is 5.41 Å². The number of likely N-dealkylation sites (N-methyl/N-ethyl adjacent to an activating group) is 1. The molecule has 2 amide bonds. The summed E-state index contributed by atoms with van der Waals surface area (Å²) >= 11 is 0. The molecule has 3 aliphatic rings. The summed E-state index contributed by atoms with van der Waals surface area (Å²) in [6.45, 7) is 4.41. The van der Waals surface area contributed by atoms with Crippen LogP contribution in [0.1, 0.15) is 60.0 Å². The zero-order valence-corrected chi connectivity index (χ0v) is 20.4. The molecule has 1 unspecified atom stereocenters. The molecule has 2 aromatic rings. The van der Waals surface area contributed by atoms with Crippen LogP contribution in [0.3, 0.4) is 0 Å². The molecule has 5 heteroatoms. The van der Waals surface area contributed by atoms with Gasteiger partial charge in [-0.15, -0.1) is 0 Å². The van der Waals surface area contributed by atoms with Crippen LogP contribution in [0.5, 0.6) is 0 Å². The predicted octanol–water partition coefficient (Wildman–Crippen LogP) is 4.37. The number of piperidine rings is 2. The number of nitrogens with zero attached hydrogens (tertiary/aromatic N) is 3. The molecule has 3 saturated heterocycles. The number of benzene rings is 2. The second-order valence-electron chi connectivity index (χ2n) is 10.5. The molecular weight excluding hydrogens is 422 g/mol. The summed E-state index contributed by atoms with van der Waals surface area (Å²) in [4.78, 5) is 33.3. The Kier molecular flexibility index (Phi) is 6.73. The van der Waals surface area contributed by atoms with E-state index in [9.17, 15) is 9.59 Å². The van der Waals surface area contributed by atoms with Crippen molar-refractivity contribution in [3.05, 3.63) is 71.3 Å². The summed E-state index contributed by atoms with van der Waals surface area (Å²) in [6, 6.07) is 18.8. The van der Waals surface area contributed by atoms with E-state index in [0.29, 0.717) is 13.1 Å². The Morgan fingerprint density at radius 3 is 2.32 bits per heavy atom. The number of rotatable bonds is 5. The summed E-state index contributed by atoms with van der Waals surface area (Å²) in [5.41, 5.74) is 2.94. The zero-order chi connectivity index (χ0) is 23.5. The summed E-state index contributed by atoms with van der Waals surface area (Å²) in [5, 5.41) is 0. The Labute approximate surface area is 203 Å². The Bertz CT molecular complexity index is 1010. The highest BCUT2D eigenvalue weighted by Gasteiger charge is 2.51. The van der Waals surface area contributed by atoms with Crippen molar-refractivity contribution in [3.8, 4) is 0 Å². The largest absolute Gasteiger partial charge is 0.342 e. The average molecular weight is 460 g/mol. The van der Waals surface area contributed by atoms with Crippen molar-refractivity contribution in [2.45, 2.75) is 57.5 Å². The molecule has 1 spiro atoms. The Hall–Kier alpha value is -2.66. The molecule has 0 saturated carbocycles. The fourth-order valence-corrected chi connectivity index (χ4v) is 6.26. The van der Waals surface area contributed by atoms with Crippen molar-refractivity contribution >= 4 is 11.8 Å². The van der Waals surface area contributed by atoms with Gasteiger partial charge in [0.15, 0.2) is 0 Å². The van der Waals surface area contributed by atoms with Crippen LogP contribution < -0.4 is 0 Å². The van der Waals surface area contributed by atoms with E-state index < -0.39 is 0 Å². The lowest BCUT2D eigenvalue weighted by atomic mass is 9.75. The standard InChI is InChI=1S/C29H37N3O2/c1-30-25(20-23-10-4-2-5-11-23)21-29(28(30)34)14-18-32(19-15-29)27(33)26-13-7-6-12-24(26)22-31-16-8-3-9-17-31/h2,4-7,10-13,25H,3,8-9,14-22H2,1H3. The van der Waals surface area contributed by atoms with Crippen LogP contribution in [0.25, 0.3) is 0 Å². The van der Waals surface area contributed by atoms with E-state index in [1.165, 1.54) is 24.8 Å². The molecule has 5 nitrogen and oxygen atoms in total. The van der Waals surface area contributed by atoms with Gasteiger partial charge in [0.25, 0.3) is 5.91 Å². The van der Waals surface area contributed by atoms with Gasteiger partial charge in [-0.2, -0.15) is 0 Å². The molecule has 0 radical (unpaired) electrons. The normalized spacial score (nSPS) is 23.0. The summed E-state index contributed by atoms with van der Waals surface area (Å²) in [7, 11) is 1.96. The topological polar surface area (TPSA) is 43.9 Å². The first kappa shape index (κ1) is 23.1. The van der Waals surface area contributed by atoms with Crippen molar-refractivity contribution in [3.63, 3.8) is 0 Å². The highest BCUT2D eigenvalue weighted by molar-refractivity contribution is 5.96. The van der Waals surface area contributed by atoms with Crippen molar-refractivity contribution in [1.82, 2.24) is 14.7 Å². The lowest BCUT2D eigenvalue weighted by Gasteiger charge is -2.38. The quantitative estimate of drug-likeness (QED) is 0.667. The summed E-state index contributed by atoms with van der Waals surface area (Å²) in [6.07, 6.45) is 7.13. The minimum atomic E-state index is -0.307. The van der Waals surface area contributed by atoms with Crippen molar-refractivity contribution in [2.75, 3.05) is 33.2 Å². The molecule has 0 bridgehead atoms. The molecule has 34 heavy (non-hydrogen) atoms. The van der Waals surface area contributed by atoms with E-state index in [2.05, 4.69) is 35.2 Å². The molecule has 0 N–H and O–H groups in total. The number of carbonyl (C=O) groups excluding carboxylic acids is 2. The van der Waals surface area contributed by atoms with E-state index in [1.807, 2.05) is 41.1 Å². The van der Waals surface area contributed by atoms with Crippen LogP contribution in [-0.2, 0) is 17.8 Å². The predicted molar refractivity (Wildman–Crippen MR) is 134 cm³/mol. The maximum atomic E-state index is 13.5. The third-order valence-corrected chi connectivity index (χ3v) is 8.36. The van der Waals surface area contributed by atoms with Crippen LogP contribution >= 0.6 is 0 Å². The van der Waals surface area contributed by atoms with Crippen molar-refractivity contribution in [1.29, 1.82) is 0 Å². The minimum Gasteiger partial charge on any atom is -0.342 e. The highest BCUT2D eigenvalue weighted by Crippen LogP contribution is 2.45. The molecule has 5 rings (SSSR count). The molecule has 1 atom stereocenters. The van der Waals surface area contributed by atoms with E-state index >= 15 is 0 Å². The van der Waals surface area contributed by atoms with Crippen LogP contribution in [-0.4, -0.2) is 65.8 Å². The number of likely N-dealkylation sites (tertiary alicyclic amines) is 3. The lowest BCUT2D eigenvalue weighted by molar-refractivity contribution is -0.137. The third-order valence-electron chi connectivity index (χ3n) is 8.36. The zero-order valence-electron chi connectivity index (χ0n) is 20.4. The molecule has 180 valence electrons. The number of hydrogen-bond donors (Lipinski definition) is 0. The van der Waals surface area contributed by atoms with Crippen LogP contribution in [0.15, 0.2) is 54.6 Å². The number of hydrogen-bond acceptors (Lipinski definition) is 3. The first-order valence-corrected chi connectivity index (χ1v) is 13.0. The summed E-state index contributed by atoms with van der Waals surface area (Å²) < 4.78 is 0. The molecule has 3 heterocycles. The van der Waals surface area contributed by atoms with Gasteiger partial charge in [-0.05, 0) is 68.8 Å². The van der Waals surface area contributed by atoms with Crippen LogP contribution in [0.2, 0.25) is 0 Å². The molecule has 3 aliphatic heterocycles. The molecule has 2 aromatic carbocycles. The van der Waals surface area contributed by atoms with E-state index in [4.69, 9.17) is 0 Å². The first-order chi connectivity index (χ1) is 16.6. The molecule has 3 fully saturated rings. The maximum absolute atomic E-state index is 13.5. The van der Waals surface area contributed by atoms with E-state index in [1.54, 1.807) is 0 Å². The maximum Gasteiger partial charge on any atom is 0.254 e. The SMILES string of the molecule is CN1C(=O)C2(CCN(C(=O)c3ccccc3CN3CCCCC3)CC2)CC1Cc1ccccc1. The Balaban J connectivity index is 1.24. The summed E-state index contributed by atoms with van der Waals surface area (Å²) in [5.74, 6) is 0.396. The third kappa shape index (κ3) is 4.63. The van der Waals surface area contributed by atoms with Gasteiger partial charge >= 0.3 is 0 Å². The first-order valence-electron chi connectivity index (χ1n) is 13.0. The van der Waals surface area contributed by atoms with Gasteiger partial charge in [-0.25, -0.2) is 0 Å². The van der Waals surface area contributed by atoms with Crippen molar-refractivity contribution in [2.24, 2.45) is 5.41 Å². The minimum absolute atomic E-state index is 0.127. The van der Waals surface area contributed by atoms with Crippen LogP contribution in [0.4, 0.5) is 0 Å². The van der Waals surface area contributed by atoms with Crippen molar-refractivity contribution < 1.29 is 9.59 Å². The lowest BCUT2D eigenvalue weighted by Crippen LogP contribution is -2.46.